The number of aliphatic hydroxyl groups excluding tert-OH is 1. The fourth-order valence-corrected chi connectivity index (χ4v) is 2.87. The molecule has 0 atom stereocenters. The molecule has 0 aliphatic heterocycles. The number of nitro groups is 1. The van der Waals surface area contributed by atoms with E-state index in [9.17, 15) is 10.1 Å². The van der Waals surface area contributed by atoms with Gasteiger partial charge in [-0.25, -0.2) is 0 Å². The fraction of sp³-hybridized carbons (Fsp3) is 0.125. The molecule has 1 N–H and O–H groups in total. The summed E-state index contributed by atoms with van der Waals surface area (Å²) in [6.45, 7) is -0.0270. The Bertz CT molecular complexity index is 626. The third kappa shape index (κ3) is 3.93. The van der Waals surface area contributed by atoms with Crippen LogP contribution in [-0.2, 0) is 0 Å². The molecule has 0 heterocycles. The molecule has 108 valence electrons. The Morgan fingerprint density at radius 3 is 2.00 bits per heavy atom. The first-order chi connectivity index (χ1) is 10.2. The lowest BCUT2D eigenvalue weighted by Gasteiger charge is -2.09. The highest BCUT2D eigenvalue weighted by molar-refractivity contribution is 8.08. The van der Waals surface area contributed by atoms with Gasteiger partial charge >= 0.3 is 0 Å². The van der Waals surface area contributed by atoms with Gasteiger partial charge in [0, 0.05) is 5.75 Å². The molecule has 0 fully saturated rings. The van der Waals surface area contributed by atoms with E-state index in [4.69, 9.17) is 5.11 Å². The van der Waals surface area contributed by atoms with Crippen LogP contribution in [0.1, 0.15) is 11.1 Å². The molecule has 21 heavy (non-hydrogen) atoms. The predicted molar refractivity (Wildman–Crippen MR) is 86.2 cm³/mol. The lowest BCUT2D eigenvalue weighted by atomic mass is 10.1. The highest BCUT2D eigenvalue weighted by Crippen LogP contribution is 2.35. The second-order valence-electron chi connectivity index (χ2n) is 4.24. The van der Waals surface area contributed by atoms with Crippen molar-refractivity contribution in [3.05, 3.63) is 81.9 Å². The molecule has 0 aliphatic carbocycles. The van der Waals surface area contributed by atoms with Crippen molar-refractivity contribution in [2.75, 3.05) is 12.4 Å². The minimum Gasteiger partial charge on any atom is -0.396 e. The van der Waals surface area contributed by atoms with Crippen molar-refractivity contribution >= 4 is 22.4 Å². The van der Waals surface area contributed by atoms with E-state index in [0.29, 0.717) is 16.2 Å². The first kappa shape index (κ1) is 15.3. The Labute approximate surface area is 127 Å². The van der Waals surface area contributed by atoms with Crippen molar-refractivity contribution in [1.29, 1.82) is 0 Å². The van der Waals surface area contributed by atoms with Gasteiger partial charge < -0.3 is 5.11 Å². The molecule has 0 bridgehead atoms. The van der Waals surface area contributed by atoms with Crippen LogP contribution < -0.4 is 0 Å². The molecule has 2 aromatic carbocycles. The van der Waals surface area contributed by atoms with Crippen LogP contribution in [0.25, 0.3) is 10.6 Å². The van der Waals surface area contributed by atoms with Crippen LogP contribution in [0.2, 0.25) is 0 Å². The standard InChI is InChI=1S/C16H15NO3S/c18-11-12-21-16(14-9-5-2-6-10-14)15(17(19)20)13-7-3-1-4-8-13/h1-10,18H,11-12H2/b16-15-. The zero-order valence-electron chi connectivity index (χ0n) is 11.3. The van der Waals surface area contributed by atoms with Crippen LogP contribution >= 0.6 is 11.8 Å². The van der Waals surface area contributed by atoms with Crippen LogP contribution in [0.5, 0.6) is 0 Å². The van der Waals surface area contributed by atoms with Crippen molar-refractivity contribution < 1.29 is 10.0 Å². The lowest BCUT2D eigenvalue weighted by Crippen LogP contribution is -2.02. The number of rotatable bonds is 6. The van der Waals surface area contributed by atoms with Gasteiger partial charge in [-0.1, -0.05) is 48.5 Å². The third-order valence-corrected chi connectivity index (χ3v) is 3.92. The SMILES string of the molecule is O=[N+]([O-])/C(=C(\SCCO)c1ccccc1)c1ccccc1. The van der Waals surface area contributed by atoms with Crippen LogP contribution in [0.15, 0.2) is 60.7 Å². The van der Waals surface area contributed by atoms with Crippen molar-refractivity contribution in [3.8, 4) is 0 Å². The van der Waals surface area contributed by atoms with E-state index < -0.39 is 0 Å². The molecule has 0 amide bonds. The summed E-state index contributed by atoms with van der Waals surface area (Å²) in [5, 5.41) is 20.6. The molecule has 2 aromatic rings. The number of hydrogen-bond donors (Lipinski definition) is 1. The van der Waals surface area contributed by atoms with Crippen LogP contribution in [0.4, 0.5) is 0 Å². The third-order valence-electron chi connectivity index (χ3n) is 2.82. The Balaban J connectivity index is 2.59. The van der Waals surface area contributed by atoms with E-state index in [1.165, 1.54) is 11.8 Å². The monoisotopic (exact) mass is 301 g/mol. The maximum absolute atomic E-state index is 11.5. The molecular weight excluding hydrogens is 286 g/mol. The van der Waals surface area contributed by atoms with Gasteiger partial charge in [0.15, 0.2) is 0 Å². The molecule has 0 saturated heterocycles. The smallest absolute Gasteiger partial charge is 0.290 e. The van der Waals surface area contributed by atoms with Gasteiger partial charge in [0.05, 0.1) is 22.0 Å². The Hall–Kier alpha value is -2.11. The molecule has 0 aliphatic rings. The molecule has 2 rings (SSSR count). The first-order valence-corrected chi connectivity index (χ1v) is 7.45. The number of nitrogens with zero attached hydrogens (tertiary/aromatic N) is 1. The predicted octanol–water partition coefficient (Wildman–Crippen LogP) is 3.51. The fourth-order valence-electron chi connectivity index (χ4n) is 1.94. The summed E-state index contributed by atoms with van der Waals surface area (Å²) in [7, 11) is 0. The maximum atomic E-state index is 11.5. The van der Waals surface area contributed by atoms with E-state index in [1.54, 1.807) is 24.3 Å². The van der Waals surface area contributed by atoms with Crippen LogP contribution in [-0.4, -0.2) is 22.4 Å². The minimum atomic E-state index is -0.359. The molecule has 5 heteroatoms. The lowest BCUT2D eigenvalue weighted by molar-refractivity contribution is -0.374. The van der Waals surface area contributed by atoms with E-state index in [-0.39, 0.29) is 17.2 Å². The van der Waals surface area contributed by atoms with Gasteiger partial charge in [-0.3, -0.25) is 10.1 Å². The van der Waals surface area contributed by atoms with Gasteiger partial charge in [0.1, 0.15) is 0 Å². The largest absolute Gasteiger partial charge is 0.396 e. The summed E-state index contributed by atoms with van der Waals surface area (Å²) in [4.78, 5) is 11.8. The topological polar surface area (TPSA) is 63.4 Å². The molecule has 0 saturated carbocycles. The summed E-state index contributed by atoms with van der Waals surface area (Å²) in [6.07, 6.45) is 0. The van der Waals surface area contributed by atoms with E-state index in [0.717, 1.165) is 5.56 Å². The molecule has 0 unspecified atom stereocenters. The number of aliphatic hydroxyl groups is 1. The van der Waals surface area contributed by atoms with Crippen LogP contribution in [0.3, 0.4) is 0 Å². The van der Waals surface area contributed by atoms with Gasteiger partial charge in [-0.2, -0.15) is 0 Å². The molecule has 4 nitrogen and oxygen atoms in total. The Kier molecular flexibility index (Phi) is 5.54. The van der Waals surface area contributed by atoms with Crippen molar-refractivity contribution in [1.82, 2.24) is 0 Å². The van der Waals surface area contributed by atoms with Crippen LogP contribution in [0, 0.1) is 10.1 Å². The van der Waals surface area contributed by atoms with E-state index in [1.807, 2.05) is 36.4 Å². The normalized spacial score (nSPS) is 11.9. The summed E-state index contributed by atoms with van der Waals surface area (Å²) in [5.74, 6) is 0.411. The Morgan fingerprint density at radius 1 is 1.00 bits per heavy atom. The second kappa shape index (κ2) is 7.61. The molecule has 0 radical (unpaired) electrons. The number of benzene rings is 2. The first-order valence-electron chi connectivity index (χ1n) is 6.47. The maximum Gasteiger partial charge on any atom is 0.290 e. The average molecular weight is 301 g/mol. The zero-order chi connectivity index (χ0) is 15.1. The molecule has 0 aromatic heterocycles. The van der Waals surface area contributed by atoms with Gasteiger partial charge in [-0.15, -0.1) is 11.8 Å². The highest BCUT2D eigenvalue weighted by Gasteiger charge is 2.22. The van der Waals surface area contributed by atoms with E-state index >= 15 is 0 Å². The van der Waals surface area contributed by atoms with Crippen molar-refractivity contribution in [2.24, 2.45) is 0 Å². The average Bonchev–Trinajstić information content (AvgIpc) is 2.52. The quantitative estimate of drug-likeness (QED) is 0.504. The summed E-state index contributed by atoms with van der Waals surface area (Å²) in [5.41, 5.74) is 1.42. The highest BCUT2D eigenvalue weighted by atomic mass is 32.2. The molecular formula is C16H15NO3S. The summed E-state index contributed by atoms with van der Waals surface area (Å²) >= 11 is 1.29. The summed E-state index contributed by atoms with van der Waals surface area (Å²) in [6, 6.07) is 18.1. The van der Waals surface area contributed by atoms with Gasteiger partial charge in [-0.05, 0) is 17.7 Å². The van der Waals surface area contributed by atoms with E-state index in [2.05, 4.69) is 0 Å². The van der Waals surface area contributed by atoms with Crippen molar-refractivity contribution in [2.45, 2.75) is 0 Å². The number of hydrogen-bond acceptors (Lipinski definition) is 4. The second-order valence-corrected chi connectivity index (χ2v) is 5.34. The summed E-state index contributed by atoms with van der Waals surface area (Å²) < 4.78 is 0. The minimum absolute atomic E-state index is 0.0270. The van der Waals surface area contributed by atoms with Crippen molar-refractivity contribution in [3.63, 3.8) is 0 Å². The van der Waals surface area contributed by atoms with Gasteiger partial charge in [0.2, 0.25) is 0 Å². The Morgan fingerprint density at radius 2 is 1.52 bits per heavy atom. The van der Waals surface area contributed by atoms with Gasteiger partial charge in [0.25, 0.3) is 5.70 Å². The zero-order valence-corrected chi connectivity index (χ0v) is 12.1. The number of thioether (sulfide) groups is 1. The molecule has 0 spiro atoms.